The smallest absolute Gasteiger partial charge is 0.251 e. The van der Waals surface area contributed by atoms with E-state index < -0.39 is 69.8 Å². The molecule has 0 atom stereocenters. The molecule has 0 saturated heterocycles. The summed E-state index contributed by atoms with van der Waals surface area (Å²) in [5.74, 6) is -13.5. The van der Waals surface area contributed by atoms with Gasteiger partial charge in [-0.1, -0.05) is 0 Å². The fourth-order valence-electron chi connectivity index (χ4n) is 3.33. The first-order valence-electron chi connectivity index (χ1n) is 12.6. The summed E-state index contributed by atoms with van der Waals surface area (Å²) in [6.45, 7) is 0. The Hall–Kier alpha value is -5.43. The molecule has 0 N–H and O–H groups in total. The maximum atomic E-state index is 12.8. The number of aromatic nitrogens is 6. The van der Waals surface area contributed by atoms with Gasteiger partial charge in [0, 0.05) is 36.4 Å². The number of hydrogen-bond donors (Lipinski definition) is 0. The third kappa shape index (κ3) is 9.80. The van der Waals surface area contributed by atoms with Crippen molar-refractivity contribution < 1.29 is 69.5 Å². The Morgan fingerprint density at radius 3 is 0.449 bits per heavy atom. The molecule has 0 amide bonds. The Labute approximate surface area is 276 Å². The molecule has 0 saturated carbocycles. The molecule has 6 heterocycles. The van der Waals surface area contributed by atoms with Gasteiger partial charge in [0.15, 0.2) is 69.8 Å². The van der Waals surface area contributed by atoms with E-state index in [0.717, 1.165) is 36.4 Å². The van der Waals surface area contributed by atoms with Crippen LogP contribution in [-0.2, 0) is 16.8 Å². The zero-order valence-electron chi connectivity index (χ0n) is 23.5. The molecule has 49 heavy (non-hydrogen) atoms. The molecule has 6 aromatic rings. The summed E-state index contributed by atoms with van der Waals surface area (Å²) in [7, 11) is 0. The Bertz CT molecular complexity index is 1720. The second-order valence-electron chi connectivity index (χ2n) is 8.90. The van der Waals surface area contributed by atoms with Crippen molar-refractivity contribution >= 4 is 0 Å². The molecular weight excluding hydrogens is 731 g/mol. The number of halogens is 12. The van der Waals surface area contributed by atoms with Gasteiger partial charge in [0.05, 0.1) is 71.3 Å². The predicted molar refractivity (Wildman–Crippen MR) is 142 cm³/mol. The zero-order chi connectivity index (χ0) is 35.1. The average Bonchev–Trinajstić information content (AvgIpc) is 3.06. The molecule has 0 fully saturated rings. The minimum Gasteiger partial charge on any atom is -0.251 e. The Morgan fingerprint density at radius 1 is 0.224 bits per heavy atom. The van der Waals surface area contributed by atoms with E-state index >= 15 is 0 Å². The van der Waals surface area contributed by atoms with E-state index in [2.05, 4.69) is 29.9 Å². The molecule has 19 heteroatoms. The van der Waals surface area contributed by atoms with Crippen LogP contribution in [-0.4, -0.2) is 29.9 Å². The van der Waals surface area contributed by atoms with Gasteiger partial charge in [-0.15, -0.1) is 0 Å². The molecule has 0 aliphatic carbocycles. The van der Waals surface area contributed by atoms with Crippen molar-refractivity contribution in [2.45, 2.75) is 0 Å². The summed E-state index contributed by atoms with van der Waals surface area (Å²) < 4.78 is 152. The van der Waals surface area contributed by atoms with E-state index in [-0.39, 0.29) is 50.9 Å². The average molecular weight is 743 g/mol. The van der Waals surface area contributed by atoms with Gasteiger partial charge < -0.3 is 0 Å². The number of nitrogens with zero attached hydrogens (tertiary/aromatic N) is 6. The third-order valence-corrected chi connectivity index (χ3v) is 5.64. The van der Waals surface area contributed by atoms with Crippen LogP contribution in [0.1, 0.15) is 0 Å². The molecule has 0 aromatic carbocycles. The van der Waals surface area contributed by atoms with E-state index in [1.165, 1.54) is 0 Å². The topological polar surface area (TPSA) is 77.3 Å². The van der Waals surface area contributed by atoms with Gasteiger partial charge in [-0.05, 0) is 0 Å². The molecule has 0 spiro atoms. The minimum atomic E-state index is -1.13. The van der Waals surface area contributed by atoms with E-state index in [1.807, 2.05) is 0 Å². The third-order valence-electron chi connectivity index (χ3n) is 5.64. The normalized spacial score (nSPS) is 10.3. The molecule has 6 aromatic heterocycles. The molecule has 252 valence electrons. The molecule has 0 radical (unpaired) electrons. The van der Waals surface area contributed by atoms with Crippen molar-refractivity contribution in [1.29, 1.82) is 0 Å². The quantitative estimate of drug-likeness (QED) is 0.171. The van der Waals surface area contributed by atoms with E-state index in [1.54, 1.807) is 0 Å². The summed E-state index contributed by atoms with van der Waals surface area (Å²) in [5, 5.41) is 0. The molecule has 6 rings (SSSR count). The van der Waals surface area contributed by atoms with E-state index in [9.17, 15) is 52.7 Å². The standard InChI is InChI=1S/3C10H4F4N2.Co/c3*11-5-1-9(15-3-7(5)13)10-2-6(12)8(14)4-16-10;/h3*1-4H;/q;;;+3. The van der Waals surface area contributed by atoms with Crippen LogP contribution in [0.15, 0.2) is 73.6 Å². The van der Waals surface area contributed by atoms with Crippen molar-refractivity contribution in [3.63, 3.8) is 0 Å². The minimum absolute atomic E-state index is 0. The summed E-state index contributed by atoms with van der Waals surface area (Å²) in [6, 6.07) is 4.55. The summed E-state index contributed by atoms with van der Waals surface area (Å²) in [4.78, 5) is 21.1. The fraction of sp³-hybridized carbons (Fsp3) is 0. The first kappa shape index (κ1) is 38.0. The molecule has 0 unspecified atom stereocenters. The maximum absolute atomic E-state index is 12.8. The van der Waals surface area contributed by atoms with Gasteiger partial charge in [-0.25, -0.2) is 52.7 Å². The van der Waals surface area contributed by atoms with Crippen LogP contribution in [0.2, 0.25) is 0 Å². The van der Waals surface area contributed by atoms with Crippen LogP contribution in [0.4, 0.5) is 52.7 Å². The summed E-state index contributed by atoms with van der Waals surface area (Å²) in [6.07, 6.45) is 3.88. The maximum Gasteiger partial charge on any atom is 3.00 e. The van der Waals surface area contributed by atoms with Crippen LogP contribution >= 0.6 is 0 Å². The van der Waals surface area contributed by atoms with Gasteiger partial charge in [0.1, 0.15) is 0 Å². The van der Waals surface area contributed by atoms with Crippen LogP contribution in [0.3, 0.4) is 0 Å². The van der Waals surface area contributed by atoms with Crippen LogP contribution in [0, 0.1) is 69.8 Å². The number of hydrogen-bond acceptors (Lipinski definition) is 6. The van der Waals surface area contributed by atoms with Gasteiger partial charge in [-0.2, -0.15) is 0 Å². The SMILES string of the molecule is Fc1cnc(-c2cc(F)c(F)cn2)cc1F.Fc1cnc(-c2cc(F)c(F)cn2)cc1F.Fc1cnc(-c2cc(F)c(F)cn2)cc1F.[Co+3]. The fourth-order valence-corrected chi connectivity index (χ4v) is 3.33. The Morgan fingerprint density at radius 2 is 0.347 bits per heavy atom. The van der Waals surface area contributed by atoms with Crippen LogP contribution in [0.25, 0.3) is 34.2 Å². The second kappa shape index (κ2) is 16.6. The number of rotatable bonds is 3. The molecular formula is C30H12CoF12N6+3. The van der Waals surface area contributed by atoms with Crippen molar-refractivity contribution in [2.24, 2.45) is 0 Å². The zero-order valence-corrected chi connectivity index (χ0v) is 24.5. The van der Waals surface area contributed by atoms with E-state index in [4.69, 9.17) is 0 Å². The predicted octanol–water partition coefficient (Wildman–Crippen LogP) is 8.10. The van der Waals surface area contributed by atoms with Crippen molar-refractivity contribution in [2.75, 3.05) is 0 Å². The second-order valence-corrected chi connectivity index (χ2v) is 8.90. The summed E-state index contributed by atoms with van der Waals surface area (Å²) in [5.41, 5.74) is -0.429. The summed E-state index contributed by atoms with van der Waals surface area (Å²) >= 11 is 0. The van der Waals surface area contributed by atoms with Crippen molar-refractivity contribution in [3.05, 3.63) is 143 Å². The van der Waals surface area contributed by atoms with Crippen molar-refractivity contribution in [3.8, 4) is 34.2 Å². The van der Waals surface area contributed by atoms with Gasteiger partial charge >= 0.3 is 16.8 Å². The molecule has 0 aliphatic heterocycles. The van der Waals surface area contributed by atoms with Crippen LogP contribution < -0.4 is 0 Å². The number of pyridine rings is 6. The Balaban J connectivity index is 0.000000197. The van der Waals surface area contributed by atoms with Gasteiger partial charge in [-0.3, -0.25) is 29.9 Å². The van der Waals surface area contributed by atoms with Gasteiger partial charge in [0.25, 0.3) is 0 Å². The first-order chi connectivity index (χ1) is 22.7. The molecule has 6 nitrogen and oxygen atoms in total. The van der Waals surface area contributed by atoms with Crippen molar-refractivity contribution in [1.82, 2.24) is 29.9 Å². The monoisotopic (exact) mass is 743 g/mol. The van der Waals surface area contributed by atoms with Gasteiger partial charge in [0.2, 0.25) is 0 Å². The molecule has 0 bridgehead atoms. The molecule has 0 aliphatic rings. The Kier molecular flexibility index (Phi) is 12.9. The van der Waals surface area contributed by atoms with Crippen LogP contribution in [0.5, 0.6) is 0 Å². The van der Waals surface area contributed by atoms with E-state index in [0.29, 0.717) is 37.2 Å². The largest absolute Gasteiger partial charge is 3.00 e. The first-order valence-corrected chi connectivity index (χ1v) is 12.6.